The van der Waals surface area contributed by atoms with Crippen molar-refractivity contribution in [2.24, 2.45) is 5.92 Å². The monoisotopic (exact) mass is 279 g/mol. The third kappa shape index (κ3) is 3.15. The standard InChI is InChI=1S/C19H21NO/c1-14-10-12-15(13-11-14)19(17-8-5-9-18(17)21)20-16-6-3-2-4-7-16/h2-4,6-7,10-13,17,19-20H,5,8-9H2,1H3/t17-,19+/m1/s1. The normalized spacial score (nSPS) is 19.5. The van der Waals surface area contributed by atoms with E-state index in [0.717, 1.165) is 24.9 Å². The van der Waals surface area contributed by atoms with Crippen molar-refractivity contribution in [1.82, 2.24) is 0 Å². The average Bonchev–Trinajstić information content (AvgIpc) is 2.93. The maximum Gasteiger partial charge on any atom is 0.138 e. The first kappa shape index (κ1) is 13.9. The molecule has 0 saturated heterocycles. The molecule has 0 aromatic heterocycles. The number of hydrogen-bond acceptors (Lipinski definition) is 2. The smallest absolute Gasteiger partial charge is 0.138 e. The predicted octanol–water partition coefficient (Wildman–Crippen LogP) is 4.52. The fourth-order valence-electron chi connectivity index (χ4n) is 3.10. The highest BCUT2D eigenvalue weighted by Gasteiger charge is 2.33. The number of anilines is 1. The molecule has 1 saturated carbocycles. The zero-order valence-corrected chi connectivity index (χ0v) is 12.4. The third-order valence-electron chi connectivity index (χ3n) is 4.29. The zero-order valence-electron chi connectivity index (χ0n) is 12.4. The highest BCUT2D eigenvalue weighted by molar-refractivity contribution is 5.84. The van der Waals surface area contributed by atoms with Crippen LogP contribution in [-0.4, -0.2) is 5.78 Å². The minimum absolute atomic E-state index is 0.0722. The van der Waals surface area contributed by atoms with Crippen LogP contribution in [0.4, 0.5) is 5.69 Å². The molecule has 0 amide bonds. The van der Waals surface area contributed by atoms with Crippen molar-refractivity contribution in [3.05, 3.63) is 65.7 Å². The number of aryl methyl sites for hydroxylation is 1. The SMILES string of the molecule is Cc1ccc([C@H](Nc2ccccc2)[C@@H]2CCCC2=O)cc1. The van der Waals surface area contributed by atoms with Gasteiger partial charge >= 0.3 is 0 Å². The maximum absolute atomic E-state index is 12.2. The molecule has 1 N–H and O–H groups in total. The number of carbonyl (C=O) groups is 1. The molecule has 0 bridgehead atoms. The van der Waals surface area contributed by atoms with Crippen LogP contribution in [0.1, 0.15) is 36.4 Å². The first-order valence-electron chi connectivity index (χ1n) is 7.65. The molecule has 3 rings (SSSR count). The molecule has 0 heterocycles. The van der Waals surface area contributed by atoms with Crippen LogP contribution in [0.15, 0.2) is 54.6 Å². The number of ketones is 1. The number of rotatable bonds is 4. The van der Waals surface area contributed by atoms with Crippen molar-refractivity contribution in [2.75, 3.05) is 5.32 Å². The number of carbonyl (C=O) groups excluding carboxylic acids is 1. The lowest BCUT2D eigenvalue weighted by Crippen LogP contribution is -2.24. The Hall–Kier alpha value is -2.09. The summed E-state index contributed by atoms with van der Waals surface area (Å²) < 4.78 is 0. The number of Topliss-reactive ketones (excluding diaryl/α,β-unsaturated/α-hetero) is 1. The second kappa shape index (κ2) is 6.13. The van der Waals surface area contributed by atoms with Gasteiger partial charge in [-0.3, -0.25) is 4.79 Å². The van der Waals surface area contributed by atoms with Crippen LogP contribution >= 0.6 is 0 Å². The molecule has 1 fully saturated rings. The van der Waals surface area contributed by atoms with Gasteiger partial charge in [0.1, 0.15) is 5.78 Å². The summed E-state index contributed by atoms with van der Waals surface area (Å²) in [6.45, 7) is 2.09. The molecule has 1 aliphatic rings. The van der Waals surface area contributed by atoms with Crippen LogP contribution in [0, 0.1) is 12.8 Å². The van der Waals surface area contributed by atoms with Crippen LogP contribution in [-0.2, 0) is 4.79 Å². The minimum Gasteiger partial charge on any atom is -0.378 e. The maximum atomic E-state index is 12.2. The highest BCUT2D eigenvalue weighted by Crippen LogP contribution is 2.35. The van der Waals surface area contributed by atoms with Crippen LogP contribution in [0.3, 0.4) is 0 Å². The number of para-hydroxylation sites is 1. The second-order valence-corrected chi connectivity index (χ2v) is 5.86. The first-order valence-corrected chi connectivity index (χ1v) is 7.65. The summed E-state index contributed by atoms with van der Waals surface area (Å²) in [4.78, 5) is 12.2. The van der Waals surface area contributed by atoms with E-state index in [1.165, 1.54) is 11.1 Å². The van der Waals surface area contributed by atoms with Gasteiger partial charge < -0.3 is 5.32 Å². The number of benzene rings is 2. The zero-order chi connectivity index (χ0) is 14.7. The van der Waals surface area contributed by atoms with Gasteiger partial charge in [-0.1, -0.05) is 48.0 Å². The summed E-state index contributed by atoms with van der Waals surface area (Å²) in [5.41, 5.74) is 3.52. The Morgan fingerprint density at radius 2 is 1.76 bits per heavy atom. The molecule has 0 radical (unpaired) electrons. The molecule has 1 aliphatic carbocycles. The van der Waals surface area contributed by atoms with Crippen molar-refractivity contribution < 1.29 is 4.79 Å². The van der Waals surface area contributed by atoms with E-state index < -0.39 is 0 Å². The molecule has 0 unspecified atom stereocenters. The Morgan fingerprint density at radius 3 is 2.38 bits per heavy atom. The number of hydrogen-bond donors (Lipinski definition) is 1. The number of nitrogens with one attached hydrogen (secondary N) is 1. The summed E-state index contributed by atoms with van der Waals surface area (Å²) in [7, 11) is 0. The molecule has 2 nitrogen and oxygen atoms in total. The lowest BCUT2D eigenvalue weighted by molar-refractivity contribution is -0.121. The summed E-state index contributed by atoms with van der Waals surface area (Å²) in [6, 6.07) is 18.7. The average molecular weight is 279 g/mol. The van der Waals surface area contributed by atoms with Crippen LogP contribution in [0.25, 0.3) is 0 Å². The fraction of sp³-hybridized carbons (Fsp3) is 0.316. The van der Waals surface area contributed by atoms with Gasteiger partial charge in [-0.05, 0) is 37.5 Å². The van der Waals surface area contributed by atoms with Crippen molar-refractivity contribution in [3.63, 3.8) is 0 Å². The van der Waals surface area contributed by atoms with Gasteiger partial charge in [0.05, 0.1) is 6.04 Å². The Kier molecular flexibility index (Phi) is 4.05. The Morgan fingerprint density at radius 1 is 1.05 bits per heavy atom. The lowest BCUT2D eigenvalue weighted by Gasteiger charge is -2.25. The summed E-state index contributed by atoms with van der Waals surface area (Å²) in [6.07, 6.45) is 2.73. The van der Waals surface area contributed by atoms with Crippen molar-refractivity contribution in [1.29, 1.82) is 0 Å². The van der Waals surface area contributed by atoms with E-state index in [0.29, 0.717) is 5.78 Å². The Labute approximate surface area is 126 Å². The summed E-state index contributed by atoms with van der Waals surface area (Å²) in [5.74, 6) is 0.483. The van der Waals surface area contributed by atoms with Crippen molar-refractivity contribution >= 4 is 11.5 Å². The van der Waals surface area contributed by atoms with E-state index in [9.17, 15) is 4.79 Å². The molecule has 2 aromatic rings. The molecule has 21 heavy (non-hydrogen) atoms. The highest BCUT2D eigenvalue weighted by atomic mass is 16.1. The topological polar surface area (TPSA) is 29.1 Å². The minimum atomic E-state index is 0.0722. The van der Waals surface area contributed by atoms with Gasteiger partial charge in [0.2, 0.25) is 0 Å². The molecule has 2 heteroatoms. The predicted molar refractivity (Wildman–Crippen MR) is 86.3 cm³/mol. The van der Waals surface area contributed by atoms with Gasteiger partial charge in [0.25, 0.3) is 0 Å². The Bertz CT molecular complexity index is 603. The fourth-order valence-corrected chi connectivity index (χ4v) is 3.10. The summed E-state index contributed by atoms with van der Waals surface area (Å²) >= 11 is 0. The third-order valence-corrected chi connectivity index (χ3v) is 4.29. The van der Waals surface area contributed by atoms with E-state index in [2.05, 4.69) is 48.6 Å². The van der Waals surface area contributed by atoms with Gasteiger partial charge in [0, 0.05) is 18.0 Å². The van der Waals surface area contributed by atoms with Gasteiger partial charge in [0.15, 0.2) is 0 Å². The first-order chi connectivity index (χ1) is 10.2. The lowest BCUT2D eigenvalue weighted by atomic mass is 9.90. The van der Waals surface area contributed by atoms with E-state index in [4.69, 9.17) is 0 Å². The quantitative estimate of drug-likeness (QED) is 0.891. The largest absolute Gasteiger partial charge is 0.378 e. The van der Waals surface area contributed by atoms with E-state index in [1.54, 1.807) is 0 Å². The molecular formula is C19H21NO. The molecule has 0 aliphatic heterocycles. The van der Waals surface area contributed by atoms with Crippen LogP contribution < -0.4 is 5.32 Å². The molecular weight excluding hydrogens is 258 g/mol. The molecule has 0 spiro atoms. The van der Waals surface area contributed by atoms with Gasteiger partial charge in [-0.25, -0.2) is 0 Å². The van der Waals surface area contributed by atoms with Crippen molar-refractivity contribution in [3.8, 4) is 0 Å². The Balaban J connectivity index is 1.90. The van der Waals surface area contributed by atoms with Crippen molar-refractivity contribution in [2.45, 2.75) is 32.2 Å². The molecule has 2 aromatic carbocycles. The molecule has 2 atom stereocenters. The van der Waals surface area contributed by atoms with E-state index in [-0.39, 0.29) is 12.0 Å². The van der Waals surface area contributed by atoms with Crippen LogP contribution in [0.5, 0.6) is 0 Å². The molecule has 108 valence electrons. The van der Waals surface area contributed by atoms with Gasteiger partial charge in [-0.2, -0.15) is 0 Å². The van der Waals surface area contributed by atoms with E-state index >= 15 is 0 Å². The van der Waals surface area contributed by atoms with Crippen LogP contribution in [0.2, 0.25) is 0 Å². The van der Waals surface area contributed by atoms with Gasteiger partial charge in [-0.15, -0.1) is 0 Å². The second-order valence-electron chi connectivity index (χ2n) is 5.86. The van der Waals surface area contributed by atoms with E-state index in [1.807, 2.05) is 18.2 Å². The summed E-state index contributed by atoms with van der Waals surface area (Å²) in [5, 5.41) is 3.57.